The molecule has 1 N–H and O–H groups in total. The van der Waals surface area contributed by atoms with Crippen molar-refractivity contribution in [2.75, 3.05) is 13.7 Å². The number of nitriles is 1. The molecule has 4 rings (SSSR count). The predicted molar refractivity (Wildman–Crippen MR) is 110 cm³/mol. The highest BCUT2D eigenvalue weighted by Crippen LogP contribution is 2.35. The molecular weight excluding hydrogens is 384 g/mol. The Morgan fingerprint density at radius 2 is 2.07 bits per heavy atom. The number of ether oxygens (including phenoxy) is 2. The lowest BCUT2D eigenvalue weighted by molar-refractivity contribution is 0.304. The van der Waals surface area contributed by atoms with Gasteiger partial charge in [0.25, 0.3) is 5.88 Å². The van der Waals surface area contributed by atoms with Crippen LogP contribution < -0.4 is 9.47 Å². The van der Waals surface area contributed by atoms with E-state index in [0.717, 1.165) is 11.1 Å². The third kappa shape index (κ3) is 3.28. The molecule has 4 heterocycles. The molecule has 0 saturated carbocycles. The Bertz CT molecular complexity index is 1270. The third-order valence-corrected chi connectivity index (χ3v) is 4.69. The quantitative estimate of drug-likeness (QED) is 0.525. The smallest absolute Gasteiger partial charge is 0.256 e. The molecule has 152 valence electrons. The van der Waals surface area contributed by atoms with Crippen molar-refractivity contribution in [2.24, 2.45) is 0 Å². The molecule has 9 heteroatoms. The second-order valence-corrected chi connectivity index (χ2v) is 6.63. The highest BCUT2D eigenvalue weighted by molar-refractivity contribution is 5.90. The lowest BCUT2D eigenvalue weighted by Crippen LogP contribution is -1.98. The fraction of sp³-hybridized carbons (Fsp3) is 0.238. The van der Waals surface area contributed by atoms with Gasteiger partial charge in [-0.05, 0) is 31.5 Å². The van der Waals surface area contributed by atoms with Crippen LogP contribution in [0.1, 0.15) is 12.5 Å². The molecule has 9 nitrogen and oxygen atoms in total. The molecule has 0 aliphatic heterocycles. The molecule has 4 aromatic rings. The number of hydrogen-bond acceptors (Lipinski definition) is 7. The van der Waals surface area contributed by atoms with Crippen molar-refractivity contribution in [3.8, 4) is 40.5 Å². The van der Waals surface area contributed by atoms with E-state index in [-0.39, 0.29) is 12.4 Å². The molecule has 0 bridgehead atoms. The van der Waals surface area contributed by atoms with Gasteiger partial charge in [-0.15, -0.1) is 0 Å². The lowest BCUT2D eigenvalue weighted by Gasteiger charge is -2.10. The number of aryl methyl sites for hydroxylation is 1. The summed E-state index contributed by atoms with van der Waals surface area (Å²) in [5.74, 6) is 1.03. The molecule has 0 amide bonds. The van der Waals surface area contributed by atoms with Crippen LogP contribution in [0.4, 0.5) is 0 Å². The van der Waals surface area contributed by atoms with Crippen LogP contribution in [-0.2, 0) is 6.54 Å². The van der Waals surface area contributed by atoms with Gasteiger partial charge in [0.1, 0.15) is 6.54 Å². The highest BCUT2D eigenvalue weighted by atomic mass is 16.5. The summed E-state index contributed by atoms with van der Waals surface area (Å²) >= 11 is 0. The van der Waals surface area contributed by atoms with E-state index in [0.29, 0.717) is 40.5 Å². The molecule has 0 atom stereocenters. The van der Waals surface area contributed by atoms with E-state index in [2.05, 4.69) is 10.1 Å². The van der Waals surface area contributed by atoms with Crippen LogP contribution in [-0.4, -0.2) is 43.1 Å². The van der Waals surface area contributed by atoms with Crippen LogP contribution in [0.15, 0.2) is 36.9 Å². The maximum Gasteiger partial charge on any atom is 0.256 e. The van der Waals surface area contributed by atoms with Gasteiger partial charge in [-0.2, -0.15) is 10.4 Å². The molecule has 0 fully saturated rings. The summed E-state index contributed by atoms with van der Waals surface area (Å²) in [6.07, 6.45) is 6.71. The number of pyridine rings is 2. The number of aromatic hydroxyl groups is 1. The summed E-state index contributed by atoms with van der Waals surface area (Å²) in [6.45, 7) is 4.43. The Labute approximate surface area is 172 Å². The van der Waals surface area contributed by atoms with Crippen molar-refractivity contribution in [1.29, 1.82) is 5.26 Å². The Balaban J connectivity index is 1.81. The number of fused-ring (bicyclic) bond motifs is 1. The molecule has 0 aliphatic carbocycles. The molecule has 0 saturated heterocycles. The van der Waals surface area contributed by atoms with Crippen molar-refractivity contribution in [3.05, 3.63) is 42.5 Å². The Kier molecular flexibility index (Phi) is 4.98. The molecule has 0 spiro atoms. The van der Waals surface area contributed by atoms with E-state index in [9.17, 15) is 5.11 Å². The van der Waals surface area contributed by atoms with E-state index in [1.165, 1.54) is 4.68 Å². The van der Waals surface area contributed by atoms with Crippen molar-refractivity contribution in [1.82, 2.24) is 24.3 Å². The fourth-order valence-corrected chi connectivity index (χ4v) is 3.35. The number of nitrogens with zero attached hydrogens (tertiary/aromatic N) is 6. The highest BCUT2D eigenvalue weighted by Gasteiger charge is 2.17. The standard InChI is InChI=1S/C21H20N6O3/c1-4-30-18-8-14(9-23-20(18)29-3)16-7-13(2)19-17(25-16)12-27(21(19)28)15-10-24-26(11-15)6-5-22/h7-12,28H,4,6H2,1-3H3. The minimum Gasteiger partial charge on any atom is -0.494 e. The summed E-state index contributed by atoms with van der Waals surface area (Å²) in [5, 5.41) is 24.4. The number of aromatic nitrogens is 5. The van der Waals surface area contributed by atoms with Crippen LogP contribution in [0.5, 0.6) is 17.5 Å². The molecule has 30 heavy (non-hydrogen) atoms. The maximum absolute atomic E-state index is 10.8. The number of methoxy groups -OCH3 is 1. The number of rotatable bonds is 6. The van der Waals surface area contributed by atoms with Gasteiger partial charge < -0.3 is 14.6 Å². The minimum atomic E-state index is 0.0703. The van der Waals surface area contributed by atoms with Crippen LogP contribution in [0.2, 0.25) is 0 Å². The first kappa shape index (κ1) is 19.3. The van der Waals surface area contributed by atoms with E-state index >= 15 is 0 Å². The Morgan fingerprint density at radius 1 is 1.23 bits per heavy atom. The SMILES string of the molecule is CCOc1cc(-c2cc(C)c3c(O)n(-c4cnn(CC#N)c4)cc3n2)cnc1OC. The van der Waals surface area contributed by atoms with E-state index < -0.39 is 0 Å². The summed E-state index contributed by atoms with van der Waals surface area (Å²) < 4.78 is 14.0. The van der Waals surface area contributed by atoms with Gasteiger partial charge in [0.05, 0.1) is 54.5 Å². The summed E-state index contributed by atoms with van der Waals surface area (Å²) in [7, 11) is 1.54. The van der Waals surface area contributed by atoms with Gasteiger partial charge in [-0.3, -0.25) is 9.25 Å². The zero-order chi connectivity index (χ0) is 21.3. The minimum absolute atomic E-state index is 0.0703. The normalized spacial score (nSPS) is 10.9. The fourth-order valence-electron chi connectivity index (χ4n) is 3.35. The van der Waals surface area contributed by atoms with Crippen molar-refractivity contribution >= 4 is 10.9 Å². The second-order valence-electron chi connectivity index (χ2n) is 6.63. The van der Waals surface area contributed by atoms with Gasteiger partial charge in [0.2, 0.25) is 5.88 Å². The van der Waals surface area contributed by atoms with Crippen molar-refractivity contribution < 1.29 is 14.6 Å². The summed E-state index contributed by atoms with van der Waals surface area (Å²) in [5.41, 5.74) is 3.62. The van der Waals surface area contributed by atoms with Gasteiger partial charge >= 0.3 is 0 Å². The molecule has 4 aromatic heterocycles. The predicted octanol–water partition coefficient (Wildman–Crippen LogP) is 3.23. The average Bonchev–Trinajstić information content (AvgIpc) is 3.33. The van der Waals surface area contributed by atoms with Gasteiger partial charge in [0.15, 0.2) is 5.75 Å². The Hall–Kier alpha value is -4.06. The number of hydrogen-bond donors (Lipinski definition) is 1. The molecular formula is C21H20N6O3. The topological polar surface area (TPSA) is 111 Å². The first-order valence-corrected chi connectivity index (χ1v) is 9.34. The van der Waals surface area contributed by atoms with E-state index in [1.54, 1.807) is 36.5 Å². The average molecular weight is 404 g/mol. The maximum atomic E-state index is 10.8. The summed E-state index contributed by atoms with van der Waals surface area (Å²) in [4.78, 5) is 9.03. The molecule has 0 aliphatic rings. The van der Waals surface area contributed by atoms with Crippen molar-refractivity contribution in [2.45, 2.75) is 20.4 Å². The monoisotopic (exact) mass is 404 g/mol. The second kappa shape index (κ2) is 7.75. The van der Waals surface area contributed by atoms with Crippen LogP contribution >= 0.6 is 0 Å². The Morgan fingerprint density at radius 3 is 2.80 bits per heavy atom. The van der Waals surface area contributed by atoms with Crippen LogP contribution in [0.25, 0.3) is 27.8 Å². The summed E-state index contributed by atoms with van der Waals surface area (Å²) in [6, 6.07) is 5.77. The van der Waals surface area contributed by atoms with Crippen LogP contribution in [0, 0.1) is 18.3 Å². The molecule has 0 radical (unpaired) electrons. The zero-order valence-corrected chi connectivity index (χ0v) is 16.8. The first-order valence-electron chi connectivity index (χ1n) is 9.34. The lowest BCUT2D eigenvalue weighted by atomic mass is 10.1. The van der Waals surface area contributed by atoms with Gasteiger partial charge in [0, 0.05) is 18.0 Å². The van der Waals surface area contributed by atoms with Gasteiger partial charge in [-0.1, -0.05) is 0 Å². The largest absolute Gasteiger partial charge is 0.494 e. The van der Waals surface area contributed by atoms with Crippen LogP contribution in [0.3, 0.4) is 0 Å². The zero-order valence-electron chi connectivity index (χ0n) is 16.8. The third-order valence-electron chi connectivity index (χ3n) is 4.69. The molecule has 0 aromatic carbocycles. The van der Waals surface area contributed by atoms with Crippen molar-refractivity contribution in [3.63, 3.8) is 0 Å². The van der Waals surface area contributed by atoms with E-state index in [4.69, 9.17) is 19.7 Å². The molecule has 0 unspecified atom stereocenters. The first-order chi connectivity index (χ1) is 14.5. The van der Waals surface area contributed by atoms with E-state index in [1.807, 2.05) is 32.0 Å². The van der Waals surface area contributed by atoms with Gasteiger partial charge in [-0.25, -0.2) is 9.97 Å².